The van der Waals surface area contributed by atoms with E-state index in [1.165, 1.54) is 38.5 Å². The van der Waals surface area contributed by atoms with Crippen LogP contribution < -0.4 is 0 Å². The topological polar surface area (TPSA) is 22.8 Å². The molecule has 0 radical (unpaired) electrons. The number of benzene rings is 2. The molecule has 0 atom stereocenters. The number of hydrogen-bond donors (Lipinski definition) is 0. The molecule has 0 aliphatic heterocycles. The van der Waals surface area contributed by atoms with Crippen LogP contribution in [0.2, 0.25) is 0 Å². The molecule has 0 unspecified atom stereocenters. The van der Waals surface area contributed by atoms with Gasteiger partial charge in [-0.25, -0.2) is 0 Å². The van der Waals surface area contributed by atoms with Gasteiger partial charge in [0.15, 0.2) is 0 Å². The molecular weight excluding hydrogens is 569 g/mol. The van der Waals surface area contributed by atoms with Gasteiger partial charge in [0, 0.05) is 0 Å². The van der Waals surface area contributed by atoms with E-state index in [9.17, 15) is 0 Å². The third-order valence-corrected chi connectivity index (χ3v) is 9.22. The zero-order chi connectivity index (χ0) is 20.5. The average molecular weight is 592 g/mol. The quantitative estimate of drug-likeness (QED) is 0.319. The molecule has 3 aromatic rings. The van der Waals surface area contributed by atoms with E-state index in [4.69, 9.17) is 5.10 Å². The van der Waals surface area contributed by atoms with Gasteiger partial charge in [-0.05, 0) is 0 Å². The van der Waals surface area contributed by atoms with Gasteiger partial charge in [0.25, 0.3) is 0 Å². The van der Waals surface area contributed by atoms with E-state index >= 15 is 0 Å². The molecule has 0 N–H and O–H groups in total. The van der Waals surface area contributed by atoms with Crippen molar-refractivity contribution in [1.82, 2.24) is 14.3 Å². The summed E-state index contributed by atoms with van der Waals surface area (Å²) in [5.74, 6) is 3.67. The van der Waals surface area contributed by atoms with Crippen LogP contribution in [-0.2, 0) is 5.54 Å². The summed E-state index contributed by atoms with van der Waals surface area (Å²) in [6.07, 6.45) is 8.18. The fraction of sp³-hybridized carbons (Fsp3) is 0.417. The van der Waals surface area contributed by atoms with Crippen LogP contribution in [0.25, 0.3) is 17.1 Å². The maximum atomic E-state index is 5.32. The standard InChI is InChI=1S/C24H23Br2N3Se/c25-19-3-1-18(2-4-19)22-27-29(23(30)28(22)21-7-5-20(26)6-8-21)24-12-15-9-16(13-24)11-17(10-15)14-24/h1-8,15-17H,9-14H2. The number of aromatic nitrogens is 3. The van der Waals surface area contributed by atoms with Crippen LogP contribution >= 0.6 is 31.9 Å². The van der Waals surface area contributed by atoms with Crippen molar-refractivity contribution in [3.63, 3.8) is 0 Å². The summed E-state index contributed by atoms with van der Waals surface area (Å²) in [5.41, 5.74) is 2.46. The van der Waals surface area contributed by atoms with Crippen LogP contribution in [0, 0.1) is 22.1 Å². The van der Waals surface area contributed by atoms with Crippen molar-refractivity contribution in [3.05, 3.63) is 61.8 Å². The van der Waals surface area contributed by atoms with Gasteiger partial charge in [0.05, 0.1) is 0 Å². The molecule has 7 rings (SSSR count). The summed E-state index contributed by atoms with van der Waals surface area (Å²) in [5, 5.41) is 5.32. The zero-order valence-electron chi connectivity index (χ0n) is 16.6. The molecule has 2 aromatic carbocycles. The van der Waals surface area contributed by atoms with Gasteiger partial charge in [-0.1, -0.05) is 0 Å². The summed E-state index contributed by atoms with van der Waals surface area (Å²) >= 11 is 10.6. The van der Waals surface area contributed by atoms with Crippen molar-refractivity contribution in [2.75, 3.05) is 0 Å². The molecule has 1 aromatic heterocycles. The van der Waals surface area contributed by atoms with E-state index in [2.05, 4.69) is 105 Å². The first-order chi connectivity index (χ1) is 14.5. The molecule has 0 amide bonds. The monoisotopic (exact) mass is 591 g/mol. The first-order valence-corrected chi connectivity index (χ1v) is 13.2. The molecule has 4 saturated carbocycles. The van der Waals surface area contributed by atoms with E-state index in [1.54, 1.807) is 0 Å². The van der Waals surface area contributed by atoms with Crippen molar-refractivity contribution in [2.24, 2.45) is 17.8 Å². The zero-order valence-corrected chi connectivity index (χ0v) is 21.5. The Bertz CT molecular complexity index is 1130. The van der Waals surface area contributed by atoms with Crippen LogP contribution in [0.3, 0.4) is 0 Å². The van der Waals surface area contributed by atoms with E-state index < -0.39 is 0 Å². The first-order valence-electron chi connectivity index (χ1n) is 10.8. The normalized spacial score (nSPS) is 29.5. The van der Waals surface area contributed by atoms with Crippen LogP contribution in [0.4, 0.5) is 0 Å². The fourth-order valence-electron chi connectivity index (χ4n) is 6.61. The SMILES string of the molecule is [Se]=c1n(C23CC4CC(CC(C4)C2)C3)nc(-c2ccc(Br)cc2)n1-c1ccc(Br)cc1. The predicted octanol–water partition coefficient (Wildman–Crippen LogP) is 6.49. The second-order valence-corrected chi connectivity index (χ2v) is 12.1. The summed E-state index contributed by atoms with van der Waals surface area (Å²) in [4.78, 5) is 0. The Kier molecular flexibility index (Phi) is 4.80. The Morgan fingerprint density at radius 1 is 0.800 bits per heavy atom. The Balaban J connectivity index is 1.55. The number of nitrogens with zero attached hydrogens (tertiary/aromatic N) is 3. The average Bonchev–Trinajstić information content (AvgIpc) is 3.06. The molecule has 0 spiro atoms. The first kappa shape index (κ1) is 19.7. The molecule has 6 heteroatoms. The molecule has 154 valence electrons. The van der Waals surface area contributed by atoms with Gasteiger partial charge >= 0.3 is 202 Å². The van der Waals surface area contributed by atoms with Crippen molar-refractivity contribution in [1.29, 1.82) is 0 Å². The molecule has 4 aliphatic rings. The molecular formula is C24H23Br2N3Se. The Morgan fingerprint density at radius 3 is 1.83 bits per heavy atom. The molecule has 0 saturated heterocycles. The second-order valence-electron chi connectivity index (χ2n) is 9.48. The van der Waals surface area contributed by atoms with Crippen molar-refractivity contribution in [3.8, 4) is 17.1 Å². The minimum atomic E-state index is 0.181. The summed E-state index contributed by atoms with van der Waals surface area (Å²) in [6.45, 7) is 0. The van der Waals surface area contributed by atoms with Crippen molar-refractivity contribution < 1.29 is 0 Å². The summed E-state index contributed by atoms with van der Waals surface area (Å²) in [6, 6.07) is 17.1. The number of halogens is 2. The van der Waals surface area contributed by atoms with Gasteiger partial charge in [-0.15, -0.1) is 0 Å². The second kappa shape index (κ2) is 7.30. The molecule has 3 nitrogen and oxygen atoms in total. The number of rotatable bonds is 3. The maximum absolute atomic E-state index is 5.32. The van der Waals surface area contributed by atoms with Crippen LogP contribution in [0.15, 0.2) is 57.5 Å². The van der Waals surface area contributed by atoms with Crippen LogP contribution in [0.1, 0.15) is 38.5 Å². The summed E-state index contributed by atoms with van der Waals surface area (Å²) < 4.78 is 7.99. The third kappa shape index (κ3) is 3.18. The summed E-state index contributed by atoms with van der Waals surface area (Å²) in [7, 11) is 0. The van der Waals surface area contributed by atoms with E-state index in [0.717, 1.165) is 48.1 Å². The van der Waals surface area contributed by atoms with Gasteiger partial charge in [-0.2, -0.15) is 0 Å². The Labute approximate surface area is 201 Å². The predicted molar refractivity (Wildman–Crippen MR) is 128 cm³/mol. The Hall–Kier alpha value is -0.941. The van der Waals surface area contributed by atoms with Gasteiger partial charge in [0.1, 0.15) is 0 Å². The molecule has 1 heterocycles. The van der Waals surface area contributed by atoms with Gasteiger partial charge < -0.3 is 0 Å². The van der Waals surface area contributed by atoms with E-state index in [-0.39, 0.29) is 5.54 Å². The third-order valence-electron chi connectivity index (χ3n) is 7.42. The number of hydrogen-bond acceptors (Lipinski definition) is 1. The van der Waals surface area contributed by atoms with Gasteiger partial charge in [-0.3, -0.25) is 0 Å². The molecule has 4 bridgehead atoms. The van der Waals surface area contributed by atoms with Crippen molar-refractivity contribution >= 4 is 47.4 Å². The van der Waals surface area contributed by atoms with Gasteiger partial charge in [0.2, 0.25) is 0 Å². The van der Waals surface area contributed by atoms with Crippen molar-refractivity contribution in [2.45, 2.75) is 44.1 Å². The Morgan fingerprint density at radius 2 is 1.30 bits per heavy atom. The molecule has 4 aliphatic carbocycles. The van der Waals surface area contributed by atoms with E-state index in [1.807, 2.05) is 0 Å². The van der Waals surface area contributed by atoms with E-state index in [0.29, 0.717) is 0 Å². The fourth-order valence-corrected chi connectivity index (χ4v) is 8.03. The van der Waals surface area contributed by atoms with Crippen LogP contribution in [-0.4, -0.2) is 29.9 Å². The molecule has 4 fully saturated rings. The minimum absolute atomic E-state index is 0.181. The van der Waals surface area contributed by atoms with Crippen LogP contribution in [0.5, 0.6) is 0 Å². The molecule has 30 heavy (non-hydrogen) atoms.